The summed E-state index contributed by atoms with van der Waals surface area (Å²) in [5, 5.41) is 3.26. The molecule has 2 nitrogen and oxygen atoms in total. The first-order valence-corrected chi connectivity index (χ1v) is 5.88. The molecular weight excluding hydrogens is 277 g/mol. The zero-order chi connectivity index (χ0) is 14.0. The fraction of sp³-hybridized carbons (Fsp3) is 0.154. The molecule has 0 amide bonds. The molecule has 0 saturated carbocycles. The van der Waals surface area contributed by atoms with Crippen LogP contribution in [0.2, 0.25) is 5.02 Å². The van der Waals surface area contributed by atoms with E-state index in [0.29, 0.717) is 11.1 Å². The number of nitrogens with one attached hydrogen (secondary N) is 1. The lowest BCUT2D eigenvalue weighted by atomic mass is 10.1. The molecule has 100 valence electrons. The molecule has 0 saturated heterocycles. The van der Waals surface area contributed by atoms with Crippen molar-refractivity contribution in [2.75, 3.05) is 5.32 Å². The molecule has 1 unspecified atom stereocenters. The maximum Gasteiger partial charge on any atom is 0.251 e. The van der Waals surface area contributed by atoms with Gasteiger partial charge in [0.2, 0.25) is 0 Å². The number of benzene rings is 1. The fourth-order valence-electron chi connectivity index (χ4n) is 1.59. The van der Waals surface area contributed by atoms with Gasteiger partial charge in [0.25, 0.3) is 5.95 Å². The summed E-state index contributed by atoms with van der Waals surface area (Å²) in [5.74, 6) is -3.93. The predicted molar refractivity (Wildman–Crippen MR) is 67.6 cm³/mol. The van der Waals surface area contributed by atoms with Crippen molar-refractivity contribution in [3.63, 3.8) is 0 Å². The van der Waals surface area contributed by atoms with Gasteiger partial charge in [-0.3, -0.25) is 0 Å². The molecular formula is C13H10ClF3N2. The van der Waals surface area contributed by atoms with E-state index in [0.717, 1.165) is 5.56 Å². The molecule has 1 aromatic heterocycles. The van der Waals surface area contributed by atoms with Gasteiger partial charge in [-0.1, -0.05) is 23.7 Å². The average Bonchev–Trinajstić information content (AvgIpc) is 2.36. The van der Waals surface area contributed by atoms with Crippen LogP contribution in [0.3, 0.4) is 0 Å². The van der Waals surface area contributed by atoms with E-state index in [4.69, 9.17) is 11.6 Å². The predicted octanol–water partition coefficient (Wildman–Crippen LogP) is 4.33. The standard InChI is InChI=1S/C13H10ClF3N2/c1-7(8-2-4-9(14)5-3-8)18-13-11(16)6-10(15)12(17)19-13/h2-7H,1H3,(H,18,19). The molecule has 0 aliphatic rings. The number of aromatic nitrogens is 1. The van der Waals surface area contributed by atoms with Crippen LogP contribution in [0.25, 0.3) is 0 Å². The SMILES string of the molecule is CC(Nc1nc(F)c(F)cc1F)c1ccc(Cl)cc1. The third kappa shape index (κ3) is 3.17. The monoisotopic (exact) mass is 286 g/mol. The van der Waals surface area contributed by atoms with Crippen LogP contribution in [-0.4, -0.2) is 4.98 Å². The number of anilines is 1. The Labute approximate surface area is 113 Å². The van der Waals surface area contributed by atoms with Gasteiger partial charge in [-0.15, -0.1) is 0 Å². The van der Waals surface area contributed by atoms with E-state index >= 15 is 0 Å². The Balaban J connectivity index is 2.21. The summed E-state index contributed by atoms with van der Waals surface area (Å²) in [6.07, 6.45) is 0. The molecule has 0 bridgehead atoms. The topological polar surface area (TPSA) is 24.9 Å². The van der Waals surface area contributed by atoms with Crippen molar-refractivity contribution in [3.8, 4) is 0 Å². The van der Waals surface area contributed by atoms with Crippen molar-refractivity contribution >= 4 is 17.4 Å². The fourth-order valence-corrected chi connectivity index (χ4v) is 1.71. The van der Waals surface area contributed by atoms with Crippen LogP contribution in [0, 0.1) is 17.6 Å². The minimum absolute atomic E-state index is 0.330. The van der Waals surface area contributed by atoms with Crippen molar-refractivity contribution in [1.29, 1.82) is 0 Å². The minimum Gasteiger partial charge on any atom is -0.361 e. The van der Waals surface area contributed by atoms with Gasteiger partial charge in [0.1, 0.15) is 0 Å². The van der Waals surface area contributed by atoms with Gasteiger partial charge in [0, 0.05) is 11.1 Å². The first kappa shape index (κ1) is 13.7. The van der Waals surface area contributed by atoms with Crippen LogP contribution < -0.4 is 5.32 Å². The molecule has 1 aromatic carbocycles. The van der Waals surface area contributed by atoms with Crippen LogP contribution in [0.15, 0.2) is 30.3 Å². The van der Waals surface area contributed by atoms with Gasteiger partial charge in [0.15, 0.2) is 17.5 Å². The smallest absolute Gasteiger partial charge is 0.251 e. The van der Waals surface area contributed by atoms with Gasteiger partial charge in [-0.2, -0.15) is 9.37 Å². The van der Waals surface area contributed by atoms with Gasteiger partial charge < -0.3 is 5.32 Å². The highest BCUT2D eigenvalue weighted by molar-refractivity contribution is 6.30. The number of hydrogen-bond donors (Lipinski definition) is 1. The Morgan fingerprint density at radius 1 is 1.11 bits per heavy atom. The minimum atomic E-state index is -1.34. The van der Waals surface area contributed by atoms with Crippen LogP contribution in [0.1, 0.15) is 18.5 Å². The van der Waals surface area contributed by atoms with Gasteiger partial charge in [-0.05, 0) is 24.6 Å². The summed E-state index contributed by atoms with van der Waals surface area (Å²) in [6, 6.07) is 6.99. The Bertz CT molecular complexity index is 587. The van der Waals surface area contributed by atoms with E-state index in [9.17, 15) is 13.2 Å². The maximum atomic E-state index is 13.4. The van der Waals surface area contributed by atoms with E-state index in [-0.39, 0.29) is 11.9 Å². The van der Waals surface area contributed by atoms with Crippen molar-refractivity contribution in [3.05, 3.63) is 58.5 Å². The highest BCUT2D eigenvalue weighted by Gasteiger charge is 2.14. The molecule has 2 rings (SSSR count). The molecule has 1 heterocycles. The summed E-state index contributed by atoms with van der Waals surface area (Å²) in [5.41, 5.74) is 0.815. The molecule has 0 aliphatic heterocycles. The highest BCUT2D eigenvalue weighted by atomic mass is 35.5. The lowest BCUT2D eigenvalue weighted by Gasteiger charge is -2.15. The first-order chi connectivity index (χ1) is 8.97. The molecule has 0 radical (unpaired) electrons. The van der Waals surface area contributed by atoms with E-state index in [1.54, 1.807) is 31.2 Å². The zero-order valence-corrected chi connectivity index (χ0v) is 10.7. The molecule has 2 aromatic rings. The Morgan fingerprint density at radius 3 is 2.37 bits per heavy atom. The Morgan fingerprint density at radius 2 is 1.74 bits per heavy atom. The number of rotatable bonds is 3. The zero-order valence-electron chi connectivity index (χ0n) is 9.92. The number of nitrogens with zero attached hydrogens (tertiary/aromatic N) is 1. The third-order valence-electron chi connectivity index (χ3n) is 2.61. The van der Waals surface area contributed by atoms with E-state index in [2.05, 4.69) is 10.3 Å². The summed E-state index contributed by atoms with van der Waals surface area (Å²) >= 11 is 5.76. The van der Waals surface area contributed by atoms with Gasteiger partial charge in [0.05, 0.1) is 6.04 Å². The normalized spacial score (nSPS) is 12.3. The second-order valence-corrected chi connectivity index (χ2v) is 4.45. The molecule has 0 aliphatic carbocycles. The largest absolute Gasteiger partial charge is 0.361 e. The molecule has 0 fully saturated rings. The van der Waals surface area contributed by atoms with Gasteiger partial charge in [-0.25, -0.2) is 8.78 Å². The van der Waals surface area contributed by atoms with Crippen molar-refractivity contribution in [2.24, 2.45) is 0 Å². The first-order valence-electron chi connectivity index (χ1n) is 5.51. The lowest BCUT2D eigenvalue weighted by Crippen LogP contribution is -2.11. The van der Waals surface area contributed by atoms with E-state index in [1.807, 2.05) is 0 Å². The lowest BCUT2D eigenvalue weighted by molar-refractivity contribution is 0.465. The maximum absolute atomic E-state index is 13.4. The van der Waals surface area contributed by atoms with Crippen LogP contribution in [0.4, 0.5) is 19.0 Å². The van der Waals surface area contributed by atoms with Gasteiger partial charge >= 0.3 is 0 Å². The molecule has 1 N–H and O–H groups in total. The Hall–Kier alpha value is -1.75. The summed E-state index contributed by atoms with van der Waals surface area (Å²) in [4.78, 5) is 3.20. The average molecular weight is 287 g/mol. The molecule has 6 heteroatoms. The summed E-state index contributed by atoms with van der Waals surface area (Å²) < 4.78 is 39.1. The molecule has 1 atom stereocenters. The van der Waals surface area contributed by atoms with Crippen molar-refractivity contribution in [2.45, 2.75) is 13.0 Å². The van der Waals surface area contributed by atoms with Crippen LogP contribution in [0.5, 0.6) is 0 Å². The summed E-state index contributed by atoms with van der Waals surface area (Å²) in [7, 11) is 0. The second-order valence-electron chi connectivity index (χ2n) is 4.01. The molecule has 19 heavy (non-hydrogen) atoms. The van der Waals surface area contributed by atoms with Crippen molar-refractivity contribution < 1.29 is 13.2 Å². The highest BCUT2D eigenvalue weighted by Crippen LogP contribution is 2.22. The quantitative estimate of drug-likeness (QED) is 0.850. The van der Waals surface area contributed by atoms with Crippen LogP contribution >= 0.6 is 11.6 Å². The van der Waals surface area contributed by atoms with E-state index < -0.39 is 17.6 Å². The van der Waals surface area contributed by atoms with Crippen molar-refractivity contribution in [1.82, 2.24) is 4.98 Å². The third-order valence-corrected chi connectivity index (χ3v) is 2.86. The van der Waals surface area contributed by atoms with E-state index in [1.165, 1.54) is 0 Å². The molecule has 0 spiro atoms. The number of hydrogen-bond acceptors (Lipinski definition) is 2. The summed E-state index contributed by atoms with van der Waals surface area (Å²) in [6.45, 7) is 1.74. The van der Waals surface area contributed by atoms with Crippen LogP contribution in [-0.2, 0) is 0 Å². The Kier molecular flexibility index (Phi) is 3.95. The second kappa shape index (κ2) is 5.48. The number of pyridine rings is 1. The number of halogens is 4.